The van der Waals surface area contributed by atoms with Crippen LogP contribution >= 0.6 is 34.8 Å². The van der Waals surface area contributed by atoms with Gasteiger partial charge in [0.2, 0.25) is 0 Å². The molecule has 3 atom stereocenters. The number of benzene rings is 3. The second kappa shape index (κ2) is 31.0. The van der Waals surface area contributed by atoms with Gasteiger partial charge in [0.25, 0.3) is 5.91 Å². The van der Waals surface area contributed by atoms with Crippen molar-refractivity contribution < 1.29 is 57.9 Å². The van der Waals surface area contributed by atoms with Crippen LogP contribution in [0.2, 0.25) is 15.1 Å². The molecule has 3 saturated heterocycles. The van der Waals surface area contributed by atoms with Crippen LogP contribution in [0.1, 0.15) is 83.6 Å². The van der Waals surface area contributed by atoms with Crippen LogP contribution in [0.25, 0.3) is 0 Å². The smallest absolute Gasteiger partial charge is 0.432 e. The number of alkyl halides is 3. The number of nitrogens with two attached hydrogens (primary N) is 1. The molecule has 4 aliphatic rings. The maximum atomic E-state index is 12.9. The van der Waals surface area contributed by atoms with E-state index in [9.17, 15) is 52.8 Å². The number of halogens is 6. The van der Waals surface area contributed by atoms with Crippen LogP contribution in [0.15, 0.2) is 95.5 Å². The predicted octanol–water partition coefficient (Wildman–Crippen LogP) is 8.67. The molecule has 5 N–H and O–H groups in total. The Labute approximate surface area is 458 Å². The summed E-state index contributed by atoms with van der Waals surface area (Å²) in [5.41, 5.74) is 7.30. The highest BCUT2D eigenvalue weighted by molar-refractivity contribution is 7.92. The fourth-order valence-electron chi connectivity index (χ4n) is 8.16. The van der Waals surface area contributed by atoms with Crippen molar-refractivity contribution >= 4 is 88.2 Å². The van der Waals surface area contributed by atoms with Crippen molar-refractivity contribution in [1.82, 2.24) is 20.4 Å². The maximum absolute atomic E-state index is 12.9. The molecule has 1 amide bonds. The Hall–Kier alpha value is -4.68. The molecule has 3 unspecified atom stereocenters. The second-order valence-corrected chi connectivity index (χ2v) is 26.2. The molecule has 0 radical (unpaired) electrons. The Morgan fingerprint density at radius 1 is 0.789 bits per heavy atom. The van der Waals surface area contributed by atoms with E-state index in [1.165, 1.54) is 11.0 Å². The Morgan fingerprint density at radius 3 is 1.70 bits per heavy atom. The van der Waals surface area contributed by atoms with Gasteiger partial charge in [0, 0.05) is 46.5 Å². The molecule has 0 bridgehead atoms. The van der Waals surface area contributed by atoms with Gasteiger partial charge < -0.3 is 21.1 Å². The number of carboxylic acids is 1. The number of aldehydes is 1. The number of aromatic amines is 1. The number of carboxylic acid groups (broad SMARTS) is 1. The number of aromatic carboxylic acids is 1. The van der Waals surface area contributed by atoms with E-state index >= 15 is 0 Å². The lowest BCUT2D eigenvalue weighted by atomic mass is 10.0. The Kier molecular flexibility index (Phi) is 26.8. The Morgan fingerprint density at radius 2 is 1.29 bits per heavy atom. The van der Waals surface area contributed by atoms with Crippen molar-refractivity contribution in [2.24, 2.45) is 28.5 Å². The summed E-state index contributed by atoms with van der Waals surface area (Å²) in [7, 11) is -8.46. The second-order valence-electron chi connectivity index (χ2n) is 18.3. The van der Waals surface area contributed by atoms with E-state index in [4.69, 9.17) is 45.6 Å². The van der Waals surface area contributed by atoms with Gasteiger partial charge in [-0.25, -0.2) is 30.0 Å². The van der Waals surface area contributed by atoms with E-state index < -0.39 is 53.3 Å². The molecule has 0 saturated carbocycles. The van der Waals surface area contributed by atoms with Crippen LogP contribution in [0.4, 0.5) is 13.2 Å². The van der Waals surface area contributed by atoms with E-state index in [1.54, 1.807) is 55.5 Å². The lowest BCUT2D eigenvalue weighted by Gasteiger charge is -2.25. The summed E-state index contributed by atoms with van der Waals surface area (Å²) in [5, 5.41) is 19.4. The molecule has 3 aromatic carbocycles. The number of aliphatic imine (C=N–C) groups is 1. The third-order valence-electron chi connectivity index (χ3n) is 12.2. The highest BCUT2D eigenvalue weighted by Gasteiger charge is 2.38. The van der Waals surface area contributed by atoms with E-state index in [0.717, 1.165) is 67.4 Å². The number of sulfone groups is 3. The lowest BCUT2D eigenvalue weighted by Crippen LogP contribution is -2.34. The van der Waals surface area contributed by atoms with Crippen molar-refractivity contribution in [3.63, 3.8) is 0 Å². The fourth-order valence-corrected chi connectivity index (χ4v) is 14.5. The van der Waals surface area contributed by atoms with Crippen LogP contribution in [-0.4, -0.2) is 136 Å². The van der Waals surface area contributed by atoms with Gasteiger partial charge in [0.15, 0.2) is 41.5 Å². The van der Waals surface area contributed by atoms with E-state index in [0.29, 0.717) is 75.4 Å². The molecule has 4 aliphatic heterocycles. The predicted molar refractivity (Wildman–Crippen MR) is 294 cm³/mol. The fraction of sp³-hybridized carbons (Fsp3) is 0.471. The number of nitrogens with one attached hydrogen (secondary N) is 2. The van der Waals surface area contributed by atoms with Crippen molar-refractivity contribution in [2.75, 3.05) is 60.7 Å². The number of carbonyl (C=O) groups excluding carboxylic acids is 2. The van der Waals surface area contributed by atoms with Crippen molar-refractivity contribution in [1.29, 1.82) is 0 Å². The van der Waals surface area contributed by atoms with Gasteiger partial charge in [0.05, 0.1) is 46.1 Å². The zero-order chi connectivity index (χ0) is 55.4. The number of carbonyl (C=O) groups is 3. The van der Waals surface area contributed by atoms with E-state index in [2.05, 4.69) is 20.5 Å². The summed E-state index contributed by atoms with van der Waals surface area (Å²) in [6.45, 7) is 3.95. The lowest BCUT2D eigenvalue weighted by molar-refractivity contribution is -0.127. The van der Waals surface area contributed by atoms with Gasteiger partial charge in [-0.3, -0.25) is 19.7 Å². The van der Waals surface area contributed by atoms with Crippen LogP contribution in [0.5, 0.6) is 0 Å². The quantitative estimate of drug-likeness (QED) is 0.0643. The molecular weight excluding hydrogens is 1120 g/mol. The summed E-state index contributed by atoms with van der Waals surface area (Å²) in [6.07, 6.45) is 1.31. The molecule has 5 heterocycles. The van der Waals surface area contributed by atoms with Gasteiger partial charge in [-0.1, -0.05) is 96.8 Å². The number of aromatic nitrogens is 2. The topological polar surface area (TPSA) is 256 Å². The molecule has 76 heavy (non-hydrogen) atoms. The number of allylic oxidation sites excluding steroid dienone is 1. The van der Waals surface area contributed by atoms with Gasteiger partial charge in [-0.15, -0.1) is 0 Å². The first-order valence-corrected chi connectivity index (χ1v) is 30.5. The molecule has 4 aromatic rings. The molecule has 0 aliphatic carbocycles. The van der Waals surface area contributed by atoms with Crippen LogP contribution in [0.3, 0.4) is 0 Å². The standard InChI is InChI=1S/C19H20ClF3N2O3S.C13H18ClNO2S.C7H5ClO.C6H13NO2S.C5H6N2O2.CH4/c20-16-4-2-1-3-14(16)11-25(7-5-13-6-8-29(27,28)12-13)18(26)15-9-17(24-10-15)19(21,22)23;14-13-4-2-1-3-12(13)9-15-7-5-11-6-8-18(16,17)10-11;8-7-4-2-1-3-6(7)5-9;7-3-1-6-2-4-10(8,9)5-6;1-3-2-4(5(8)9)7-6-3;/h1-4,9,13H,5-8,10-12H2;1-4,11,15H,5-10H2;1-5H;6H,1-5,7H2;2H,1H3,(H,6,7)(H,8,9);1H4. The first-order valence-electron chi connectivity index (χ1n) is 23.9. The van der Waals surface area contributed by atoms with Crippen LogP contribution < -0.4 is 11.1 Å². The van der Waals surface area contributed by atoms with Gasteiger partial charge in [0.1, 0.15) is 5.71 Å². The molecule has 0 spiro atoms. The largest absolute Gasteiger partial charge is 0.476 e. The van der Waals surface area contributed by atoms with Crippen molar-refractivity contribution in [2.45, 2.75) is 72.1 Å². The highest BCUT2D eigenvalue weighted by atomic mass is 35.5. The number of nitrogens with zero attached hydrogens (tertiary/aromatic N) is 3. The third-order valence-corrected chi connectivity index (χ3v) is 18.8. The Balaban J connectivity index is 0.000000274. The third kappa shape index (κ3) is 23.1. The maximum Gasteiger partial charge on any atom is 0.432 e. The first-order chi connectivity index (χ1) is 35.3. The minimum absolute atomic E-state index is 0. The average Bonchev–Trinajstić information content (AvgIpc) is 4.21. The minimum Gasteiger partial charge on any atom is -0.476 e. The number of aryl methyl sites for hydroxylation is 1. The van der Waals surface area contributed by atoms with Gasteiger partial charge in [-0.2, -0.15) is 18.3 Å². The number of H-pyrrole nitrogens is 1. The molecule has 1 aromatic heterocycles. The molecule has 420 valence electrons. The van der Waals surface area contributed by atoms with Gasteiger partial charge >= 0.3 is 12.1 Å². The van der Waals surface area contributed by atoms with Crippen molar-refractivity contribution in [3.8, 4) is 0 Å². The number of amides is 1. The zero-order valence-corrected chi connectivity index (χ0v) is 45.9. The minimum atomic E-state index is -4.60. The van der Waals surface area contributed by atoms with Crippen LogP contribution in [0, 0.1) is 24.7 Å². The monoisotopic (exact) mass is 1180 g/mol. The first kappa shape index (κ1) is 65.6. The number of hydrogen-bond acceptors (Lipinski definition) is 13. The summed E-state index contributed by atoms with van der Waals surface area (Å²) in [6, 6.07) is 23.1. The molecule has 16 nitrogen and oxygen atoms in total. The number of rotatable bonds is 15. The molecule has 3 fully saturated rings. The normalized spacial score (nSPS) is 19.5. The van der Waals surface area contributed by atoms with E-state index in [1.807, 2.05) is 24.3 Å². The summed E-state index contributed by atoms with van der Waals surface area (Å²) in [5.74, 6) is 0.720. The van der Waals surface area contributed by atoms with Crippen molar-refractivity contribution in [3.05, 3.63) is 134 Å². The Bertz CT molecular complexity index is 2960. The zero-order valence-electron chi connectivity index (χ0n) is 41.2. The number of hydrogen-bond donors (Lipinski definition) is 4. The van der Waals surface area contributed by atoms with Crippen LogP contribution in [-0.2, 0) is 47.4 Å². The van der Waals surface area contributed by atoms with Gasteiger partial charge in [-0.05, 0) is 118 Å². The summed E-state index contributed by atoms with van der Waals surface area (Å²) < 4.78 is 106. The molecule has 25 heteroatoms. The summed E-state index contributed by atoms with van der Waals surface area (Å²) in [4.78, 5) is 38.0. The molecular formula is C51H66Cl3F3N6O10S3. The SMILES string of the molecule is C.Cc1cc(C(=O)O)n[nH]1.NCCC1CCS(=O)(=O)C1.O=C(C1=CC(C(F)(F)F)=NC1)N(CCC1CCS(=O)(=O)C1)Cc1ccccc1Cl.O=Cc1ccccc1Cl.O=S1(=O)CCC(CCNCc2ccccc2Cl)C1. The summed E-state index contributed by atoms with van der Waals surface area (Å²) >= 11 is 17.8. The highest BCUT2D eigenvalue weighted by Crippen LogP contribution is 2.28. The average molecular weight is 1180 g/mol. The van der Waals surface area contributed by atoms with E-state index in [-0.39, 0.29) is 55.8 Å². The molecule has 8 rings (SSSR count).